The maximum Gasteiger partial charge on any atom is 0.330 e. The van der Waals surface area contributed by atoms with Gasteiger partial charge in [-0.25, -0.2) is 9.78 Å². The Kier molecular flexibility index (Phi) is 6.91. The summed E-state index contributed by atoms with van der Waals surface area (Å²) >= 11 is 0. The molecule has 0 radical (unpaired) electrons. The Bertz CT molecular complexity index is 1710. The van der Waals surface area contributed by atoms with Crippen LogP contribution in [0, 0.1) is 0 Å². The topological polar surface area (TPSA) is 134 Å². The van der Waals surface area contributed by atoms with Crippen LogP contribution in [0.4, 0.5) is 11.6 Å². The van der Waals surface area contributed by atoms with Crippen LogP contribution >= 0.6 is 0 Å². The first-order valence-corrected chi connectivity index (χ1v) is 13.6. The van der Waals surface area contributed by atoms with E-state index in [1.807, 2.05) is 26.0 Å². The van der Waals surface area contributed by atoms with Crippen molar-refractivity contribution in [1.82, 2.24) is 33.6 Å². The Morgan fingerprint density at radius 2 is 1.78 bits per heavy atom. The predicted molar refractivity (Wildman–Crippen MR) is 155 cm³/mol. The fourth-order valence-electron chi connectivity index (χ4n) is 5.04. The number of aromatic nitrogens is 6. The smallest absolute Gasteiger partial charge is 0.330 e. The highest BCUT2D eigenvalue weighted by Gasteiger charge is 2.23. The summed E-state index contributed by atoms with van der Waals surface area (Å²) in [6.07, 6.45) is 1.56. The average molecular weight is 562 g/mol. The normalized spacial score (nSPS) is 14.9. The van der Waals surface area contributed by atoms with Gasteiger partial charge in [0.15, 0.2) is 17.1 Å². The molecule has 1 fully saturated rings. The maximum atomic E-state index is 13.3. The first-order chi connectivity index (χ1) is 19.7. The average Bonchev–Trinajstić information content (AvgIpc) is 3.72. The van der Waals surface area contributed by atoms with Crippen LogP contribution in [0.5, 0.6) is 5.75 Å². The molecule has 0 amide bonds. The van der Waals surface area contributed by atoms with Crippen LogP contribution in [0.25, 0.3) is 28.4 Å². The number of aryl methyl sites for hydroxylation is 1. The summed E-state index contributed by atoms with van der Waals surface area (Å²) in [6.45, 7) is 9.24. The van der Waals surface area contributed by atoms with Crippen LogP contribution in [0.2, 0.25) is 0 Å². The zero-order valence-electron chi connectivity index (χ0n) is 23.8. The number of furan rings is 1. The lowest BCUT2D eigenvalue weighted by molar-refractivity contribution is -0.0146. The fraction of sp³-hybridized carbons (Fsp3) is 0.429. The number of nitrogens with two attached hydrogens (primary N) is 1. The van der Waals surface area contributed by atoms with E-state index in [0.29, 0.717) is 48.1 Å². The predicted octanol–water partition coefficient (Wildman–Crippen LogP) is 2.25. The summed E-state index contributed by atoms with van der Waals surface area (Å²) in [5, 5.41) is 4.44. The Labute approximate surface area is 236 Å². The van der Waals surface area contributed by atoms with Gasteiger partial charge in [-0.15, -0.1) is 5.10 Å². The van der Waals surface area contributed by atoms with Gasteiger partial charge in [-0.05, 0) is 50.2 Å². The largest absolute Gasteiger partial charge is 0.491 e. The molecule has 41 heavy (non-hydrogen) atoms. The number of hydrogen-bond donors (Lipinski definition) is 1. The quantitative estimate of drug-likeness (QED) is 0.286. The third kappa shape index (κ3) is 5.13. The molecule has 2 N–H and O–H groups in total. The molecule has 0 atom stereocenters. The van der Waals surface area contributed by atoms with Gasteiger partial charge >= 0.3 is 5.69 Å². The third-order valence-electron chi connectivity index (χ3n) is 7.67. The lowest BCUT2D eigenvalue weighted by Gasteiger charge is -2.36. The molecule has 1 aliphatic rings. The summed E-state index contributed by atoms with van der Waals surface area (Å²) < 4.78 is 21.4. The van der Waals surface area contributed by atoms with E-state index in [1.165, 1.54) is 10.2 Å². The van der Waals surface area contributed by atoms with E-state index in [4.69, 9.17) is 19.6 Å². The van der Waals surface area contributed by atoms with Crippen molar-refractivity contribution in [3.63, 3.8) is 0 Å². The Morgan fingerprint density at radius 3 is 2.46 bits per heavy atom. The van der Waals surface area contributed by atoms with Crippen LogP contribution in [0.15, 0.2) is 51.9 Å². The molecule has 0 bridgehead atoms. The minimum absolute atomic E-state index is 0.157. The van der Waals surface area contributed by atoms with E-state index in [-0.39, 0.29) is 17.2 Å². The minimum Gasteiger partial charge on any atom is -0.491 e. The van der Waals surface area contributed by atoms with Crippen molar-refractivity contribution >= 4 is 28.4 Å². The minimum atomic E-state index is -0.332. The summed E-state index contributed by atoms with van der Waals surface area (Å²) in [4.78, 5) is 27.1. The summed E-state index contributed by atoms with van der Waals surface area (Å²) in [7, 11) is 3.40. The van der Waals surface area contributed by atoms with Crippen molar-refractivity contribution in [3.8, 4) is 17.3 Å². The highest BCUT2D eigenvalue weighted by Crippen LogP contribution is 2.24. The molecule has 1 saturated heterocycles. The number of methoxy groups -OCH3 is 1. The number of nitrogen functional groups attached to an aromatic ring is 1. The fourth-order valence-corrected chi connectivity index (χ4v) is 5.04. The number of ether oxygens (including phenoxy) is 2. The molecular formula is C28H35N9O4. The molecule has 13 heteroatoms. The SMILES string of the molecule is COC(C)(C)COc1ccc(N2CCN(CCn3c(=O)n(C)c4c3nc(N)n3nc(-c5ccco5)nc43)CC2)cc1. The first-order valence-electron chi connectivity index (χ1n) is 13.6. The molecule has 1 aromatic carbocycles. The van der Waals surface area contributed by atoms with Crippen molar-refractivity contribution < 1.29 is 13.9 Å². The summed E-state index contributed by atoms with van der Waals surface area (Å²) in [6, 6.07) is 11.7. The van der Waals surface area contributed by atoms with Crippen molar-refractivity contribution in [1.29, 1.82) is 0 Å². The van der Waals surface area contributed by atoms with Crippen molar-refractivity contribution in [2.45, 2.75) is 26.0 Å². The number of anilines is 2. The second-order valence-corrected chi connectivity index (χ2v) is 10.9. The molecule has 0 saturated carbocycles. The molecule has 5 aromatic rings. The van der Waals surface area contributed by atoms with E-state index < -0.39 is 0 Å². The zero-order chi connectivity index (χ0) is 28.7. The zero-order valence-corrected chi connectivity index (χ0v) is 23.8. The first kappa shape index (κ1) is 26.8. The number of benzene rings is 1. The van der Waals surface area contributed by atoms with Gasteiger partial charge in [0.25, 0.3) is 0 Å². The van der Waals surface area contributed by atoms with Gasteiger partial charge in [0.1, 0.15) is 17.9 Å². The molecule has 4 aromatic heterocycles. The number of imidazole rings is 1. The van der Waals surface area contributed by atoms with Gasteiger partial charge in [-0.1, -0.05) is 0 Å². The van der Waals surface area contributed by atoms with E-state index in [1.54, 1.807) is 41.7 Å². The third-order valence-corrected chi connectivity index (χ3v) is 7.67. The Morgan fingerprint density at radius 1 is 1.02 bits per heavy atom. The highest BCUT2D eigenvalue weighted by atomic mass is 16.5. The van der Waals surface area contributed by atoms with Gasteiger partial charge in [0.2, 0.25) is 11.8 Å². The number of nitrogens with zero attached hydrogens (tertiary/aromatic N) is 8. The maximum absolute atomic E-state index is 13.3. The molecule has 1 aliphatic heterocycles. The van der Waals surface area contributed by atoms with E-state index in [2.05, 4.69) is 37.0 Å². The van der Waals surface area contributed by atoms with Crippen molar-refractivity contribution in [2.75, 3.05) is 57.1 Å². The molecular weight excluding hydrogens is 526 g/mol. The number of hydrogen-bond acceptors (Lipinski definition) is 10. The number of fused-ring (bicyclic) bond motifs is 3. The van der Waals surface area contributed by atoms with Crippen LogP contribution < -0.4 is 21.1 Å². The van der Waals surface area contributed by atoms with Crippen LogP contribution in [-0.4, -0.2) is 85.7 Å². The van der Waals surface area contributed by atoms with Gasteiger partial charge in [0, 0.05) is 59.1 Å². The van der Waals surface area contributed by atoms with Crippen molar-refractivity contribution in [2.24, 2.45) is 7.05 Å². The van der Waals surface area contributed by atoms with Gasteiger partial charge in [0.05, 0.1) is 11.9 Å². The molecule has 0 aliphatic carbocycles. The van der Waals surface area contributed by atoms with Crippen LogP contribution in [0.1, 0.15) is 13.8 Å². The van der Waals surface area contributed by atoms with Gasteiger partial charge in [-0.2, -0.15) is 9.50 Å². The second kappa shape index (κ2) is 10.6. The molecule has 216 valence electrons. The Hall–Kier alpha value is -4.36. The molecule has 0 spiro atoms. The van der Waals surface area contributed by atoms with Gasteiger partial charge in [-0.3, -0.25) is 14.0 Å². The standard InChI is InChI=1S/C28H35N9O4/c1-28(2,39-4)18-41-20-9-7-19(8-10-20)35-14-11-34(12-15-35)13-16-36-24-22(33(3)27(36)38)25-30-23(21-6-5-17-40-21)32-37(25)26(29)31-24/h5-10,17H,11-16,18H2,1-4H3,(H2,29,31). The van der Waals surface area contributed by atoms with Crippen LogP contribution in [-0.2, 0) is 18.3 Å². The monoisotopic (exact) mass is 561 g/mol. The van der Waals surface area contributed by atoms with Gasteiger partial charge < -0.3 is 24.5 Å². The van der Waals surface area contributed by atoms with E-state index in [0.717, 1.165) is 31.9 Å². The molecule has 13 nitrogen and oxygen atoms in total. The second-order valence-electron chi connectivity index (χ2n) is 10.9. The van der Waals surface area contributed by atoms with Crippen molar-refractivity contribution in [3.05, 3.63) is 53.1 Å². The van der Waals surface area contributed by atoms with E-state index >= 15 is 0 Å². The lowest BCUT2D eigenvalue weighted by Crippen LogP contribution is -2.47. The number of piperazine rings is 1. The van der Waals surface area contributed by atoms with Crippen LogP contribution in [0.3, 0.4) is 0 Å². The Balaban J connectivity index is 1.12. The summed E-state index contributed by atoms with van der Waals surface area (Å²) in [5.74, 6) is 1.88. The number of rotatable bonds is 9. The highest BCUT2D eigenvalue weighted by molar-refractivity contribution is 5.88. The summed E-state index contributed by atoms with van der Waals surface area (Å²) in [5.41, 5.74) is 8.45. The van der Waals surface area contributed by atoms with E-state index in [9.17, 15) is 4.79 Å². The molecule has 0 unspecified atom stereocenters. The lowest BCUT2D eigenvalue weighted by atomic mass is 10.1. The molecule has 6 rings (SSSR count). The molecule has 5 heterocycles.